The summed E-state index contributed by atoms with van der Waals surface area (Å²) < 4.78 is 13.8. The molecule has 2 N–H and O–H groups in total. The van der Waals surface area contributed by atoms with Gasteiger partial charge in [0, 0.05) is 24.3 Å². The number of hydrogen-bond donors (Lipinski definition) is 1. The van der Waals surface area contributed by atoms with E-state index in [4.69, 9.17) is 5.73 Å². The number of alkyl halides is 1. The second-order valence-corrected chi connectivity index (χ2v) is 6.73. The van der Waals surface area contributed by atoms with Gasteiger partial charge in [0.1, 0.15) is 5.67 Å². The van der Waals surface area contributed by atoms with Crippen molar-refractivity contribution < 1.29 is 4.39 Å². The highest BCUT2D eigenvalue weighted by Crippen LogP contribution is 2.56. The molecule has 3 nitrogen and oxygen atoms in total. The van der Waals surface area contributed by atoms with Crippen molar-refractivity contribution in [2.45, 2.75) is 38.8 Å². The molecule has 1 aliphatic heterocycles. The quantitative estimate of drug-likeness (QED) is 0.900. The highest BCUT2D eigenvalue weighted by atomic mass is 19.1. The van der Waals surface area contributed by atoms with Gasteiger partial charge in [-0.3, -0.25) is 0 Å². The molecule has 4 heteroatoms. The maximum Gasteiger partial charge on any atom is 0.152 e. The van der Waals surface area contributed by atoms with Gasteiger partial charge in [-0.15, -0.1) is 0 Å². The zero-order valence-corrected chi connectivity index (χ0v) is 12.2. The van der Waals surface area contributed by atoms with Crippen molar-refractivity contribution in [1.82, 2.24) is 4.98 Å². The second kappa shape index (κ2) is 4.21. The monoisotopic (exact) mass is 275 g/mol. The van der Waals surface area contributed by atoms with Gasteiger partial charge >= 0.3 is 0 Å². The van der Waals surface area contributed by atoms with E-state index in [0.29, 0.717) is 18.5 Å². The summed E-state index contributed by atoms with van der Waals surface area (Å²) in [6.07, 6.45) is 4.12. The molecule has 2 heterocycles. The Kier molecular flexibility index (Phi) is 2.82. The van der Waals surface area contributed by atoms with E-state index in [0.717, 1.165) is 36.6 Å². The van der Waals surface area contributed by atoms with Gasteiger partial charge in [-0.1, -0.05) is 12.7 Å². The van der Waals surface area contributed by atoms with E-state index in [-0.39, 0.29) is 5.41 Å². The number of rotatable bonds is 2. The van der Waals surface area contributed by atoms with E-state index in [2.05, 4.69) is 16.5 Å². The summed E-state index contributed by atoms with van der Waals surface area (Å²) in [6, 6.07) is 1.94. The maximum atomic E-state index is 13.8. The summed E-state index contributed by atoms with van der Waals surface area (Å²) in [5.74, 6) is 0.837. The normalized spacial score (nSPS) is 32.5. The Morgan fingerprint density at radius 3 is 2.80 bits per heavy atom. The fourth-order valence-electron chi connectivity index (χ4n) is 4.02. The van der Waals surface area contributed by atoms with Crippen molar-refractivity contribution >= 4 is 17.6 Å². The summed E-state index contributed by atoms with van der Waals surface area (Å²) in [7, 11) is 0. The van der Waals surface area contributed by atoms with Crippen LogP contribution in [0.4, 0.5) is 15.9 Å². The number of nitrogen functional groups attached to an aromatic ring is 1. The Bertz CT molecular complexity index is 557. The molecule has 1 saturated carbocycles. The zero-order valence-electron chi connectivity index (χ0n) is 12.2. The molecule has 1 saturated heterocycles. The fourth-order valence-corrected chi connectivity index (χ4v) is 4.02. The first-order valence-corrected chi connectivity index (χ1v) is 7.18. The molecule has 20 heavy (non-hydrogen) atoms. The summed E-state index contributed by atoms with van der Waals surface area (Å²) in [5, 5.41) is 0. The number of anilines is 2. The average molecular weight is 275 g/mol. The predicted octanol–water partition coefficient (Wildman–Crippen LogP) is 3.33. The highest BCUT2D eigenvalue weighted by molar-refractivity contribution is 5.75. The molecule has 0 bridgehead atoms. The van der Waals surface area contributed by atoms with Crippen LogP contribution in [0.25, 0.3) is 6.08 Å². The molecule has 0 amide bonds. The van der Waals surface area contributed by atoms with Crippen LogP contribution in [0.3, 0.4) is 0 Å². The third kappa shape index (κ3) is 2.07. The van der Waals surface area contributed by atoms with Crippen LogP contribution < -0.4 is 10.6 Å². The van der Waals surface area contributed by atoms with Crippen LogP contribution in [-0.4, -0.2) is 23.7 Å². The summed E-state index contributed by atoms with van der Waals surface area (Å²) in [4.78, 5) is 6.80. The number of nitrogens with two attached hydrogens (primary N) is 1. The van der Waals surface area contributed by atoms with Gasteiger partial charge in [0.05, 0.1) is 5.69 Å². The standard InChI is InChI=1S/C16H22FN3/c1-4-12-7-11(2)19-14(13(12)18)20-6-5-16(10-20)8-15(3,17)9-16/h4,7H,1,5-6,8-10,18H2,2-3H3. The van der Waals surface area contributed by atoms with Gasteiger partial charge in [0.15, 0.2) is 5.82 Å². The van der Waals surface area contributed by atoms with E-state index >= 15 is 0 Å². The molecule has 2 fully saturated rings. The zero-order chi connectivity index (χ0) is 14.5. The van der Waals surface area contributed by atoms with Crippen molar-refractivity contribution in [3.8, 4) is 0 Å². The van der Waals surface area contributed by atoms with Gasteiger partial charge in [-0.25, -0.2) is 9.37 Å². The number of hydrogen-bond acceptors (Lipinski definition) is 3. The fraction of sp³-hybridized carbons (Fsp3) is 0.562. The maximum absolute atomic E-state index is 13.8. The first-order chi connectivity index (χ1) is 9.34. The second-order valence-electron chi connectivity index (χ2n) is 6.73. The first-order valence-electron chi connectivity index (χ1n) is 7.18. The summed E-state index contributed by atoms with van der Waals surface area (Å²) in [5.41, 5.74) is 7.90. The van der Waals surface area contributed by atoms with Gasteiger partial charge in [-0.05, 0) is 44.6 Å². The molecular formula is C16H22FN3. The third-order valence-corrected chi connectivity index (χ3v) is 4.64. The first kappa shape index (κ1) is 13.4. The molecule has 0 unspecified atom stereocenters. The SMILES string of the molecule is C=Cc1cc(C)nc(N2CCC3(C2)CC(C)(F)C3)c1N. The van der Waals surface area contributed by atoms with Crippen molar-refractivity contribution in [2.75, 3.05) is 23.7 Å². The Labute approximate surface area is 119 Å². The third-order valence-electron chi connectivity index (χ3n) is 4.64. The molecule has 1 aromatic rings. The molecule has 0 aromatic carbocycles. The number of halogens is 1. The molecule has 1 aliphatic carbocycles. The van der Waals surface area contributed by atoms with E-state index < -0.39 is 5.67 Å². The smallest absolute Gasteiger partial charge is 0.152 e. The topological polar surface area (TPSA) is 42.2 Å². The van der Waals surface area contributed by atoms with Gasteiger partial charge in [0.25, 0.3) is 0 Å². The van der Waals surface area contributed by atoms with Crippen LogP contribution in [0.5, 0.6) is 0 Å². The number of aryl methyl sites for hydroxylation is 1. The number of aromatic nitrogens is 1. The van der Waals surface area contributed by atoms with Crippen molar-refractivity contribution in [2.24, 2.45) is 5.41 Å². The van der Waals surface area contributed by atoms with Crippen LogP contribution in [0.15, 0.2) is 12.6 Å². The van der Waals surface area contributed by atoms with Gasteiger partial charge in [-0.2, -0.15) is 0 Å². The lowest BCUT2D eigenvalue weighted by Gasteiger charge is -2.48. The van der Waals surface area contributed by atoms with Crippen LogP contribution in [-0.2, 0) is 0 Å². The van der Waals surface area contributed by atoms with Crippen LogP contribution in [0.1, 0.15) is 37.4 Å². The minimum Gasteiger partial charge on any atom is -0.395 e. The summed E-state index contributed by atoms with van der Waals surface area (Å²) in [6.45, 7) is 9.24. The minimum atomic E-state index is -0.978. The van der Waals surface area contributed by atoms with E-state index in [1.54, 1.807) is 13.0 Å². The lowest BCUT2D eigenvalue weighted by molar-refractivity contribution is -0.0400. The van der Waals surface area contributed by atoms with Gasteiger partial charge < -0.3 is 10.6 Å². The summed E-state index contributed by atoms with van der Waals surface area (Å²) >= 11 is 0. The Hall–Kier alpha value is -1.58. The molecule has 0 atom stereocenters. The Morgan fingerprint density at radius 1 is 1.50 bits per heavy atom. The van der Waals surface area contributed by atoms with Crippen LogP contribution in [0, 0.1) is 12.3 Å². The van der Waals surface area contributed by atoms with Crippen LogP contribution in [0.2, 0.25) is 0 Å². The highest BCUT2D eigenvalue weighted by Gasteiger charge is 2.55. The lowest BCUT2D eigenvalue weighted by atomic mass is 9.60. The lowest BCUT2D eigenvalue weighted by Crippen LogP contribution is -2.48. The molecular weight excluding hydrogens is 253 g/mol. The number of nitrogens with zero attached hydrogens (tertiary/aromatic N) is 2. The molecule has 3 rings (SSSR count). The van der Waals surface area contributed by atoms with Crippen molar-refractivity contribution in [3.05, 3.63) is 23.9 Å². The van der Waals surface area contributed by atoms with E-state index in [9.17, 15) is 4.39 Å². The number of pyridine rings is 1. The average Bonchev–Trinajstić information content (AvgIpc) is 2.74. The largest absolute Gasteiger partial charge is 0.395 e. The molecule has 2 aliphatic rings. The van der Waals surface area contributed by atoms with Crippen LogP contribution >= 0.6 is 0 Å². The Balaban J connectivity index is 1.85. The van der Waals surface area contributed by atoms with E-state index in [1.807, 2.05) is 13.0 Å². The molecule has 1 aromatic heterocycles. The Morgan fingerprint density at radius 2 is 2.20 bits per heavy atom. The minimum absolute atomic E-state index is 0.135. The molecule has 108 valence electrons. The van der Waals surface area contributed by atoms with Gasteiger partial charge in [0.2, 0.25) is 0 Å². The molecule has 1 spiro atoms. The molecule has 0 radical (unpaired) electrons. The van der Waals surface area contributed by atoms with Crippen molar-refractivity contribution in [1.29, 1.82) is 0 Å². The van der Waals surface area contributed by atoms with E-state index in [1.165, 1.54) is 0 Å². The van der Waals surface area contributed by atoms with Crippen molar-refractivity contribution in [3.63, 3.8) is 0 Å². The predicted molar refractivity (Wildman–Crippen MR) is 81.5 cm³/mol.